The summed E-state index contributed by atoms with van der Waals surface area (Å²) in [7, 11) is 0. The maximum absolute atomic E-state index is 11.9. The van der Waals surface area contributed by atoms with Crippen LogP contribution < -0.4 is 21.1 Å². The van der Waals surface area contributed by atoms with Crippen molar-refractivity contribution < 1.29 is 24.2 Å². The Labute approximate surface area is 140 Å². The van der Waals surface area contributed by atoms with Crippen LogP contribution in [0.15, 0.2) is 24.3 Å². The van der Waals surface area contributed by atoms with Crippen LogP contribution in [0.5, 0.6) is 5.75 Å². The minimum absolute atomic E-state index is 0.0389. The van der Waals surface area contributed by atoms with Gasteiger partial charge in [0.1, 0.15) is 5.75 Å². The van der Waals surface area contributed by atoms with Crippen LogP contribution in [0.25, 0.3) is 0 Å². The maximum atomic E-state index is 11.9. The Morgan fingerprint density at radius 2 is 2.00 bits per heavy atom. The standard InChI is InChI=1S/C16H23N3O5/c1-10(2)6-11(15(21)22)8-18-16(23)19-12-4-3-5-13(7-12)24-9-14(17)20/h3-5,7,10-11H,6,8-9H2,1-2H3,(H2,17,20)(H,21,22)(H2,18,19,23). The molecule has 0 aliphatic heterocycles. The van der Waals surface area contributed by atoms with Crippen LogP contribution in [0.4, 0.5) is 10.5 Å². The van der Waals surface area contributed by atoms with Crippen molar-refractivity contribution in [1.29, 1.82) is 0 Å². The zero-order valence-electron chi connectivity index (χ0n) is 13.7. The van der Waals surface area contributed by atoms with Crippen molar-refractivity contribution in [3.05, 3.63) is 24.3 Å². The third kappa shape index (κ3) is 7.48. The number of rotatable bonds is 9. The number of carbonyl (C=O) groups is 3. The van der Waals surface area contributed by atoms with Gasteiger partial charge in [0, 0.05) is 18.3 Å². The molecule has 0 heterocycles. The Morgan fingerprint density at radius 3 is 2.58 bits per heavy atom. The van der Waals surface area contributed by atoms with Gasteiger partial charge in [-0.3, -0.25) is 9.59 Å². The first-order chi connectivity index (χ1) is 11.3. The van der Waals surface area contributed by atoms with Crippen LogP contribution >= 0.6 is 0 Å². The molecule has 1 aromatic rings. The molecule has 5 N–H and O–H groups in total. The first kappa shape index (κ1) is 19.3. The Balaban J connectivity index is 2.53. The molecule has 0 aromatic heterocycles. The van der Waals surface area contributed by atoms with Gasteiger partial charge in [0.15, 0.2) is 6.61 Å². The van der Waals surface area contributed by atoms with Gasteiger partial charge >= 0.3 is 12.0 Å². The number of aliphatic carboxylic acids is 1. The van der Waals surface area contributed by atoms with Crippen LogP contribution in [0.2, 0.25) is 0 Å². The van der Waals surface area contributed by atoms with Crippen LogP contribution in [0, 0.1) is 11.8 Å². The first-order valence-electron chi connectivity index (χ1n) is 7.56. The molecular weight excluding hydrogens is 314 g/mol. The number of anilines is 1. The molecule has 0 radical (unpaired) electrons. The molecule has 1 rings (SSSR count). The van der Waals surface area contributed by atoms with Crippen LogP contribution in [-0.2, 0) is 9.59 Å². The van der Waals surface area contributed by atoms with E-state index >= 15 is 0 Å². The van der Waals surface area contributed by atoms with E-state index in [9.17, 15) is 14.4 Å². The van der Waals surface area contributed by atoms with E-state index in [2.05, 4.69) is 10.6 Å². The van der Waals surface area contributed by atoms with E-state index in [0.29, 0.717) is 17.9 Å². The summed E-state index contributed by atoms with van der Waals surface area (Å²) in [6.45, 7) is 3.63. The Hall–Kier alpha value is -2.77. The summed E-state index contributed by atoms with van der Waals surface area (Å²) < 4.78 is 5.14. The number of urea groups is 1. The summed E-state index contributed by atoms with van der Waals surface area (Å²) in [5.74, 6) is -1.58. The van der Waals surface area contributed by atoms with E-state index in [-0.39, 0.29) is 19.1 Å². The van der Waals surface area contributed by atoms with Crippen LogP contribution in [0.1, 0.15) is 20.3 Å². The van der Waals surface area contributed by atoms with Crippen molar-refractivity contribution in [2.24, 2.45) is 17.6 Å². The summed E-state index contributed by atoms with van der Waals surface area (Å²) in [5, 5.41) is 14.3. The minimum Gasteiger partial charge on any atom is -0.484 e. The van der Waals surface area contributed by atoms with Crippen molar-refractivity contribution in [3.63, 3.8) is 0 Å². The number of ether oxygens (including phenoxy) is 1. The first-order valence-corrected chi connectivity index (χ1v) is 7.56. The zero-order valence-corrected chi connectivity index (χ0v) is 13.7. The molecule has 0 bridgehead atoms. The van der Waals surface area contributed by atoms with E-state index in [4.69, 9.17) is 15.6 Å². The van der Waals surface area contributed by atoms with Gasteiger partial charge in [-0.25, -0.2) is 4.79 Å². The zero-order chi connectivity index (χ0) is 18.1. The lowest BCUT2D eigenvalue weighted by atomic mass is 9.97. The second-order valence-corrected chi connectivity index (χ2v) is 5.78. The highest BCUT2D eigenvalue weighted by atomic mass is 16.5. The molecule has 24 heavy (non-hydrogen) atoms. The molecule has 0 aliphatic rings. The number of carboxylic acid groups (broad SMARTS) is 1. The molecular formula is C16H23N3O5. The van der Waals surface area contributed by atoms with Crippen molar-refractivity contribution in [3.8, 4) is 5.75 Å². The molecule has 3 amide bonds. The normalized spacial score (nSPS) is 11.6. The smallest absolute Gasteiger partial charge is 0.319 e. The fourth-order valence-electron chi connectivity index (χ4n) is 2.05. The second kappa shape index (κ2) is 9.39. The largest absolute Gasteiger partial charge is 0.484 e. The van der Waals surface area contributed by atoms with Gasteiger partial charge in [-0.1, -0.05) is 19.9 Å². The monoisotopic (exact) mass is 337 g/mol. The molecule has 0 fully saturated rings. The second-order valence-electron chi connectivity index (χ2n) is 5.78. The molecule has 0 saturated carbocycles. The number of nitrogens with one attached hydrogen (secondary N) is 2. The molecule has 1 aromatic carbocycles. The van der Waals surface area contributed by atoms with Crippen molar-refractivity contribution in [2.45, 2.75) is 20.3 Å². The number of nitrogens with two attached hydrogens (primary N) is 1. The van der Waals surface area contributed by atoms with E-state index in [1.165, 1.54) is 6.07 Å². The number of amides is 3. The predicted molar refractivity (Wildman–Crippen MR) is 88.7 cm³/mol. The van der Waals surface area contributed by atoms with E-state index in [0.717, 1.165) is 0 Å². The fraction of sp³-hybridized carbons (Fsp3) is 0.438. The van der Waals surface area contributed by atoms with Gasteiger partial charge < -0.3 is 26.2 Å². The lowest BCUT2D eigenvalue weighted by Crippen LogP contribution is -2.36. The predicted octanol–water partition coefficient (Wildman–Crippen LogP) is 1.42. The lowest BCUT2D eigenvalue weighted by molar-refractivity contribution is -0.142. The van der Waals surface area contributed by atoms with E-state index in [1.807, 2.05) is 13.8 Å². The Morgan fingerprint density at radius 1 is 1.29 bits per heavy atom. The van der Waals surface area contributed by atoms with Crippen LogP contribution in [0.3, 0.4) is 0 Å². The molecule has 1 unspecified atom stereocenters. The molecule has 1 atom stereocenters. The number of primary amides is 1. The van der Waals surface area contributed by atoms with Crippen molar-refractivity contribution in [2.75, 3.05) is 18.5 Å². The molecule has 0 spiro atoms. The molecule has 0 saturated heterocycles. The summed E-state index contributed by atoms with van der Waals surface area (Å²) in [4.78, 5) is 33.7. The average Bonchev–Trinajstić information content (AvgIpc) is 2.49. The van der Waals surface area contributed by atoms with Crippen LogP contribution in [-0.4, -0.2) is 36.2 Å². The highest BCUT2D eigenvalue weighted by Gasteiger charge is 2.19. The number of hydrogen-bond donors (Lipinski definition) is 4. The van der Waals surface area contributed by atoms with Gasteiger partial charge in [0.05, 0.1) is 5.92 Å². The maximum Gasteiger partial charge on any atom is 0.319 e. The topological polar surface area (TPSA) is 131 Å². The van der Waals surface area contributed by atoms with Gasteiger partial charge in [-0.15, -0.1) is 0 Å². The fourth-order valence-corrected chi connectivity index (χ4v) is 2.05. The lowest BCUT2D eigenvalue weighted by Gasteiger charge is -2.16. The Bertz CT molecular complexity index is 589. The van der Waals surface area contributed by atoms with Gasteiger partial charge in [0.25, 0.3) is 5.91 Å². The van der Waals surface area contributed by atoms with E-state index in [1.54, 1.807) is 18.2 Å². The van der Waals surface area contributed by atoms with Crippen molar-refractivity contribution >= 4 is 23.6 Å². The van der Waals surface area contributed by atoms with Gasteiger partial charge in [-0.2, -0.15) is 0 Å². The highest BCUT2D eigenvalue weighted by molar-refractivity contribution is 5.89. The minimum atomic E-state index is -0.939. The Kier molecular flexibility index (Phi) is 7.54. The third-order valence-electron chi connectivity index (χ3n) is 3.09. The summed E-state index contributed by atoms with van der Waals surface area (Å²) >= 11 is 0. The van der Waals surface area contributed by atoms with Gasteiger partial charge in [0.2, 0.25) is 0 Å². The summed E-state index contributed by atoms with van der Waals surface area (Å²) in [6, 6.07) is 5.92. The quantitative estimate of drug-likeness (QED) is 0.541. The molecule has 0 aliphatic carbocycles. The van der Waals surface area contributed by atoms with Crippen molar-refractivity contribution in [1.82, 2.24) is 5.32 Å². The highest BCUT2D eigenvalue weighted by Crippen LogP contribution is 2.17. The number of hydrogen-bond acceptors (Lipinski definition) is 4. The third-order valence-corrected chi connectivity index (χ3v) is 3.09. The van der Waals surface area contributed by atoms with E-state index < -0.39 is 23.8 Å². The number of benzene rings is 1. The number of carboxylic acids is 1. The molecule has 8 nitrogen and oxygen atoms in total. The average molecular weight is 337 g/mol. The SMILES string of the molecule is CC(C)CC(CNC(=O)Nc1cccc(OCC(N)=O)c1)C(=O)O. The summed E-state index contributed by atoms with van der Waals surface area (Å²) in [6.07, 6.45) is 0.478. The number of carbonyl (C=O) groups excluding carboxylic acids is 2. The van der Waals surface area contributed by atoms with Gasteiger partial charge in [-0.05, 0) is 24.5 Å². The summed E-state index contributed by atoms with van der Waals surface area (Å²) in [5.41, 5.74) is 5.44. The molecule has 8 heteroatoms. The molecule has 132 valence electrons.